The first-order valence-electron chi connectivity index (χ1n) is 8.35. The van der Waals surface area contributed by atoms with E-state index in [1.165, 1.54) is 18.0 Å². The molecule has 3 aromatic rings. The number of phenolic OH excluding ortho intramolecular Hbond substituents is 1. The normalized spacial score (nSPS) is 12.3. The van der Waals surface area contributed by atoms with E-state index in [2.05, 4.69) is 22.1 Å². The van der Waals surface area contributed by atoms with Gasteiger partial charge in [0, 0.05) is 5.56 Å². The SMILES string of the molecule is C=CCc1cccc(C=NNC(=O)C(C)Sc2nc3ccccc3s2)c1O. The van der Waals surface area contributed by atoms with E-state index in [-0.39, 0.29) is 16.9 Å². The first-order valence-corrected chi connectivity index (χ1v) is 10.0. The van der Waals surface area contributed by atoms with Gasteiger partial charge in [-0.15, -0.1) is 17.9 Å². The highest BCUT2D eigenvalue weighted by molar-refractivity contribution is 8.02. The second-order valence-corrected chi connectivity index (χ2v) is 8.41. The van der Waals surface area contributed by atoms with Crippen LogP contribution >= 0.6 is 23.1 Å². The molecule has 0 aliphatic heterocycles. The number of benzene rings is 2. The highest BCUT2D eigenvalue weighted by Crippen LogP contribution is 2.31. The van der Waals surface area contributed by atoms with Gasteiger partial charge in [-0.2, -0.15) is 5.10 Å². The van der Waals surface area contributed by atoms with Crippen LogP contribution in [0.1, 0.15) is 18.1 Å². The summed E-state index contributed by atoms with van der Waals surface area (Å²) in [5, 5.41) is 13.8. The number of rotatable bonds is 7. The Hall–Kier alpha value is -2.64. The zero-order chi connectivity index (χ0) is 19.2. The molecule has 5 nitrogen and oxygen atoms in total. The lowest BCUT2D eigenvalue weighted by molar-refractivity contribution is -0.120. The molecule has 2 N–H and O–H groups in total. The number of allylic oxidation sites excluding steroid dienone is 1. The van der Waals surface area contributed by atoms with Gasteiger partial charge in [-0.05, 0) is 37.1 Å². The van der Waals surface area contributed by atoms with Crippen LogP contribution in [-0.4, -0.2) is 27.5 Å². The molecule has 138 valence electrons. The van der Waals surface area contributed by atoms with Crippen LogP contribution in [0.2, 0.25) is 0 Å². The molecule has 0 aliphatic rings. The maximum absolute atomic E-state index is 12.3. The Morgan fingerprint density at radius 3 is 2.96 bits per heavy atom. The number of para-hydroxylation sites is 2. The van der Waals surface area contributed by atoms with Gasteiger partial charge >= 0.3 is 0 Å². The van der Waals surface area contributed by atoms with Gasteiger partial charge in [0.15, 0.2) is 4.34 Å². The molecule has 3 rings (SSSR count). The average molecular weight is 398 g/mol. The molecule has 7 heteroatoms. The summed E-state index contributed by atoms with van der Waals surface area (Å²) in [5.41, 5.74) is 4.76. The second-order valence-electron chi connectivity index (χ2n) is 5.79. The third-order valence-corrected chi connectivity index (χ3v) is 6.04. The van der Waals surface area contributed by atoms with Crippen LogP contribution in [-0.2, 0) is 11.2 Å². The van der Waals surface area contributed by atoms with Gasteiger partial charge in [-0.25, -0.2) is 10.4 Å². The summed E-state index contributed by atoms with van der Waals surface area (Å²) in [4.78, 5) is 16.8. The highest BCUT2D eigenvalue weighted by Gasteiger charge is 2.16. The second kappa shape index (κ2) is 8.83. The van der Waals surface area contributed by atoms with Crippen LogP contribution < -0.4 is 5.43 Å². The number of thiazole rings is 1. The topological polar surface area (TPSA) is 74.6 Å². The van der Waals surface area contributed by atoms with Crippen LogP contribution in [0, 0.1) is 0 Å². The molecule has 0 spiro atoms. The lowest BCUT2D eigenvalue weighted by atomic mass is 10.1. The van der Waals surface area contributed by atoms with Crippen LogP contribution in [0.5, 0.6) is 5.75 Å². The first kappa shape index (κ1) is 19.1. The van der Waals surface area contributed by atoms with Crippen molar-refractivity contribution < 1.29 is 9.90 Å². The van der Waals surface area contributed by atoms with Crippen molar-refractivity contribution in [1.82, 2.24) is 10.4 Å². The summed E-state index contributed by atoms with van der Waals surface area (Å²) < 4.78 is 1.94. The number of carbonyl (C=O) groups excluding carboxylic acids is 1. The van der Waals surface area contributed by atoms with Crippen molar-refractivity contribution in [2.75, 3.05) is 0 Å². The molecule has 0 fully saturated rings. The van der Waals surface area contributed by atoms with Gasteiger partial charge in [-0.3, -0.25) is 4.79 Å². The molecule has 1 unspecified atom stereocenters. The molecule has 27 heavy (non-hydrogen) atoms. The highest BCUT2D eigenvalue weighted by atomic mass is 32.2. The number of nitrogens with one attached hydrogen (secondary N) is 1. The number of hydrazone groups is 1. The lowest BCUT2D eigenvalue weighted by Gasteiger charge is -2.07. The molecule has 1 amide bonds. The monoisotopic (exact) mass is 397 g/mol. The summed E-state index contributed by atoms with van der Waals surface area (Å²) >= 11 is 2.96. The number of fused-ring (bicyclic) bond motifs is 1. The number of aromatic nitrogens is 1. The number of phenols is 1. The molecule has 1 aromatic heterocycles. The van der Waals surface area contributed by atoms with Crippen molar-refractivity contribution in [3.63, 3.8) is 0 Å². The number of hydrogen-bond acceptors (Lipinski definition) is 6. The van der Waals surface area contributed by atoms with Crippen molar-refractivity contribution in [2.24, 2.45) is 5.10 Å². The smallest absolute Gasteiger partial charge is 0.253 e. The van der Waals surface area contributed by atoms with Gasteiger partial charge in [-0.1, -0.05) is 42.1 Å². The molecule has 0 saturated heterocycles. The maximum Gasteiger partial charge on any atom is 0.253 e. The molecular formula is C20H19N3O2S2. The number of thioether (sulfide) groups is 1. The van der Waals surface area contributed by atoms with Crippen LogP contribution in [0.3, 0.4) is 0 Å². The zero-order valence-corrected chi connectivity index (χ0v) is 16.4. The first-order chi connectivity index (χ1) is 13.1. The van der Waals surface area contributed by atoms with Crippen LogP contribution in [0.15, 0.2) is 64.6 Å². The summed E-state index contributed by atoms with van der Waals surface area (Å²) in [5.74, 6) is -0.0791. The quantitative estimate of drug-likeness (QED) is 0.269. The van der Waals surface area contributed by atoms with E-state index in [0.29, 0.717) is 12.0 Å². The van der Waals surface area contributed by atoms with Gasteiger partial charge in [0.2, 0.25) is 0 Å². The number of hydrogen-bond donors (Lipinski definition) is 2. The van der Waals surface area contributed by atoms with Gasteiger partial charge in [0.25, 0.3) is 5.91 Å². The third-order valence-electron chi connectivity index (χ3n) is 3.81. The Morgan fingerprint density at radius 2 is 2.19 bits per heavy atom. The average Bonchev–Trinajstić information content (AvgIpc) is 3.07. The van der Waals surface area contributed by atoms with Crippen LogP contribution in [0.4, 0.5) is 0 Å². The number of aromatic hydroxyl groups is 1. The van der Waals surface area contributed by atoms with Crippen molar-refractivity contribution in [2.45, 2.75) is 22.9 Å². The van der Waals surface area contributed by atoms with Gasteiger partial charge in [0.05, 0.1) is 21.7 Å². The predicted octanol–water partition coefficient (Wildman–Crippen LogP) is 4.36. The fourth-order valence-corrected chi connectivity index (χ4v) is 4.60. The van der Waals surface area contributed by atoms with Crippen molar-refractivity contribution in [1.29, 1.82) is 0 Å². The van der Waals surface area contributed by atoms with E-state index < -0.39 is 0 Å². The Balaban J connectivity index is 1.60. The zero-order valence-electron chi connectivity index (χ0n) is 14.8. The van der Waals surface area contributed by atoms with E-state index in [1.807, 2.05) is 43.3 Å². The maximum atomic E-state index is 12.3. The standard InChI is InChI=1S/C20H19N3O2S2/c1-3-7-14-8-6-9-15(18(14)24)12-21-23-19(25)13(2)26-20-22-16-10-4-5-11-17(16)27-20/h3-6,8-13,24H,1,7H2,2H3,(H,23,25). The minimum absolute atomic E-state index is 0.146. The van der Waals surface area contributed by atoms with Gasteiger partial charge in [0.1, 0.15) is 5.75 Å². The summed E-state index contributed by atoms with van der Waals surface area (Å²) in [6.45, 7) is 5.48. The molecule has 0 bridgehead atoms. The Kier molecular flexibility index (Phi) is 6.26. The molecule has 0 saturated carbocycles. The van der Waals surface area contributed by atoms with E-state index in [9.17, 15) is 9.90 Å². The van der Waals surface area contributed by atoms with Gasteiger partial charge < -0.3 is 5.11 Å². The number of nitrogens with zero attached hydrogens (tertiary/aromatic N) is 2. The fourth-order valence-electron chi connectivity index (χ4n) is 2.40. The van der Waals surface area contributed by atoms with Crippen molar-refractivity contribution >= 4 is 45.4 Å². The third kappa shape index (κ3) is 4.75. The summed E-state index contributed by atoms with van der Waals surface area (Å²) in [6, 6.07) is 13.3. The van der Waals surface area contributed by atoms with E-state index in [0.717, 1.165) is 20.1 Å². The summed E-state index contributed by atoms with van der Waals surface area (Å²) in [7, 11) is 0. The number of carbonyl (C=O) groups is 1. The van der Waals surface area contributed by atoms with E-state index in [1.54, 1.807) is 23.5 Å². The predicted molar refractivity (Wildman–Crippen MR) is 113 cm³/mol. The van der Waals surface area contributed by atoms with E-state index >= 15 is 0 Å². The minimum Gasteiger partial charge on any atom is -0.507 e. The Labute approximate surface area is 165 Å². The molecule has 1 heterocycles. The Morgan fingerprint density at radius 1 is 1.37 bits per heavy atom. The fraction of sp³-hybridized carbons (Fsp3) is 0.150. The molecule has 0 aliphatic carbocycles. The molecule has 2 aromatic carbocycles. The van der Waals surface area contributed by atoms with Crippen molar-refractivity contribution in [3.05, 3.63) is 66.2 Å². The van der Waals surface area contributed by atoms with E-state index in [4.69, 9.17) is 0 Å². The summed E-state index contributed by atoms with van der Waals surface area (Å²) in [6.07, 6.45) is 3.73. The molecule has 0 radical (unpaired) electrons. The Bertz CT molecular complexity index is 965. The van der Waals surface area contributed by atoms with Crippen LogP contribution in [0.25, 0.3) is 10.2 Å². The molecular weight excluding hydrogens is 378 g/mol. The lowest BCUT2D eigenvalue weighted by Crippen LogP contribution is -2.26. The van der Waals surface area contributed by atoms with Crippen molar-refractivity contribution in [3.8, 4) is 5.75 Å². The number of amides is 1. The molecule has 1 atom stereocenters. The largest absolute Gasteiger partial charge is 0.507 e. The minimum atomic E-state index is -0.344.